The average molecular weight is 414 g/mol. The van der Waals surface area contributed by atoms with Gasteiger partial charge in [0, 0.05) is 12.5 Å². The van der Waals surface area contributed by atoms with Crippen molar-refractivity contribution in [1.82, 2.24) is 14.9 Å². The van der Waals surface area contributed by atoms with Crippen molar-refractivity contribution < 1.29 is 42.1 Å². The van der Waals surface area contributed by atoms with Crippen LogP contribution in [-0.2, 0) is 15.7 Å². The number of nitrogens with zero attached hydrogens (tertiary/aromatic N) is 3. The SMILES string of the molecule is COC(=O)[C@@H]1C[C@@H](Oc2nc3cc(OC)ccc3nc2C(F)(F)F)CN1C(=O)[O-]. The highest BCUT2D eigenvalue weighted by atomic mass is 19.4. The van der Waals surface area contributed by atoms with Gasteiger partial charge in [-0.1, -0.05) is 0 Å². The van der Waals surface area contributed by atoms with E-state index in [2.05, 4.69) is 14.7 Å². The Morgan fingerprint density at radius 3 is 2.52 bits per heavy atom. The fraction of sp³-hybridized carbons (Fsp3) is 0.412. The number of hydrogen-bond donors (Lipinski definition) is 0. The zero-order valence-electron chi connectivity index (χ0n) is 15.2. The molecule has 1 aliphatic rings. The molecule has 0 unspecified atom stereocenters. The van der Waals surface area contributed by atoms with Crippen molar-refractivity contribution in [2.75, 3.05) is 20.8 Å². The molecular formula is C17H15F3N3O6-. The van der Waals surface area contributed by atoms with Crippen LogP contribution in [0.3, 0.4) is 0 Å². The van der Waals surface area contributed by atoms with Crippen LogP contribution in [0.2, 0.25) is 0 Å². The number of alkyl halides is 3. The second kappa shape index (κ2) is 7.60. The highest BCUT2D eigenvalue weighted by Gasteiger charge is 2.42. The summed E-state index contributed by atoms with van der Waals surface area (Å²) in [4.78, 5) is 31.1. The summed E-state index contributed by atoms with van der Waals surface area (Å²) in [6.07, 6.45) is -7.85. The van der Waals surface area contributed by atoms with Gasteiger partial charge >= 0.3 is 12.1 Å². The predicted molar refractivity (Wildman–Crippen MR) is 88.0 cm³/mol. The number of esters is 1. The molecule has 0 radical (unpaired) electrons. The normalized spacial score (nSPS) is 19.3. The van der Waals surface area contributed by atoms with Crippen molar-refractivity contribution in [3.63, 3.8) is 0 Å². The largest absolute Gasteiger partial charge is 0.530 e. The lowest BCUT2D eigenvalue weighted by molar-refractivity contribution is -0.266. The number of amides is 1. The van der Waals surface area contributed by atoms with E-state index in [0.717, 1.165) is 7.11 Å². The van der Waals surface area contributed by atoms with Crippen LogP contribution < -0.4 is 14.6 Å². The van der Waals surface area contributed by atoms with Crippen molar-refractivity contribution >= 4 is 23.1 Å². The fourth-order valence-electron chi connectivity index (χ4n) is 3.01. The second-order valence-electron chi connectivity index (χ2n) is 6.16. The third-order valence-electron chi connectivity index (χ3n) is 4.36. The Hall–Kier alpha value is -3.31. The number of fused-ring (bicyclic) bond motifs is 1. The van der Waals surface area contributed by atoms with Crippen LogP contribution in [-0.4, -0.2) is 59.8 Å². The first-order valence-electron chi connectivity index (χ1n) is 8.29. The molecule has 2 aromatic rings. The molecule has 12 heteroatoms. The van der Waals surface area contributed by atoms with Gasteiger partial charge in [0.15, 0.2) is 0 Å². The number of halogens is 3. The summed E-state index contributed by atoms with van der Waals surface area (Å²) < 4.78 is 55.3. The van der Waals surface area contributed by atoms with Crippen molar-refractivity contribution in [3.8, 4) is 11.6 Å². The topological polar surface area (TPSA) is 114 Å². The van der Waals surface area contributed by atoms with E-state index in [1.54, 1.807) is 0 Å². The minimum Gasteiger partial charge on any atom is -0.530 e. The van der Waals surface area contributed by atoms with Gasteiger partial charge in [-0.3, -0.25) is 0 Å². The lowest BCUT2D eigenvalue weighted by Crippen LogP contribution is -2.47. The van der Waals surface area contributed by atoms with E-state index < -0.39 is 48.5 Å². The number of ether oxygens (including phenoxy) is 3. The summed E-state index contributed by atoms with van der Waals surface area (Å²) in [5.41, 5.74) is -1.30. The van der Waals surface area contributed by atoms with E-state index in [1.165, 1.54) is 25.3 Å². The molecule has 29 heavy (non-hydrogen) atoms. The van der Waals surface area contributed by atoms with Gasteiger partial charge in [0.2, 0.25) is 11.6 Å². The van der Waals surface area contributed by atoms with Gasteiger partial charge in [0.25, 0.3) is 0 Å². The van der Waals surface area contributed by atoms with E-state index in [0.29, 0.717) is 10.6 Å². The number of carboxylic acid groups (broad SMARTS) is 1. The van der Waals surface area contributed by atoms with Gasteiger partial charge in [-0.05, 0) is 12.1 Å². The molecule has 1 aromatic heterocycles. The Morgan fingerprint density at radius 1 is 1.21 bits per heavy atom. The first-order valence-corrected chi connectivity index (χ1v) is 8.29. The number of likely N-dealkylation sites (tertiary alicyclic amines) is 1. The smallest absolute Gasteiger partial charge is 0.438 e. The highest BCUT2D eigenvalue weighted by Crippen LogP contribution is 2.36. The quantitative estimate of drug-likeness (QED) is 0.681. The van der Waals surface area contributed by atoms with Gasteiger partial charge in [0.05, 0.1) is 31.8 Å². The van der Waals surface area contributed by atoms with Gasteiger partial charge in [-0.2, -0.15) is 13.2 Å². The average Bonchev–Trinajstić information content (AvgIpc) is 3.09. The second-order valence-corrected chi connectivity index (χ2v) is 6.16. The highest BCUT2D eigenvalue weighted by molar-refractivity contribution is 5.81. The summed E-state index contributed by atoms with van der Waals surface area (Å²) in [5, 5.41) is 11.2. The van der Waals surface area contributed by atoms with E-state index in [1.807, 2.05) is 0 Å². The molecule has 0 N–H and O–H groups in total. The Kier molecular flexibility index (Phi) is 5.36. The lowest BCUT2D eigenvalue weighted by Gasteiger charge is -2.24. The van der Waals surface area contributed by atoms with Crippen LogP contribution in [0.5, 0.6) is 11.6 Å². The first-order chi connectivity index (χ1) is 13.6. The van der Waals surface area contributed by atoms with Crippen molar-refractivity contribution in [1.29, 1.82) is 0 Å². The van der Waals surface area contributed by atoms with Crippen LogP contribution in [0, 0.1) is 0 Å². The number of hydrogen-bond acceptors (Lipinski definition) is 8. The van der Waals surface area contributed by atoms with Crippen LogP contribution >= 0.6 is 0 Å². The van der Waals surface area contributed by atoms with Crippen molar-refractivity contribution in [3.05, 3.63) is 23.9 Å². The molecule has 156 valence electrons. The molecular weight excluding hydrogens is 399 g/mol. The minimum absolute atomic E-state index is 0.0271. The molecule has 0 saturated carbocycles. The molecule has 1 aromatic carbocycles. The summed E-state index contributed by atoms with van der Waals surface area (Å²) in [7, 11) is 2.45. The van der Waals surface area contributed by atoms with E-state index in [9.17, 15) is 27.9 Å². The monoisotopic (exact) mass is 414 g/mol. The number of methoxy groups -OCH3 is 2. The first kappa shape index (κ1) is 20.4. The van der Waals surface area contributed by atoms with E-state index >= 15 is 0 Å². The van der Waals surface area contributed by atoms with Gasteiger partial charge in [0.1, 0.15) is 24.0 Å². The van der Waals surface area contributed by atoms with E-state index in [4.69, 9.17) is 9.47 Å². The minimum atomic E-state index is -4.87. The number of carbonyl (C=O) groups is 2. The molecule has 9 nitrogen and oxygen atoms in total. The summed E-state index contributed by atoms with van der Waals surface area (Å²) >= 11 is 0. The maximum Gasteiger partial charge on any atom is 0.438 e. The molecule has 3 rings (SSSR count). The van der Waals surface area contributed by atoms with E-state index in [-0.39, 0.29) is 17.5 Å². The molecule has 1 amide bonds. The fourth-order valence-corrected chi connectivity index (χ4v) is 3.01. The summed E-state index contributed by atoms with van der Waals surface area (Å²) in [6, 6.07) is 2.89. The number of rotatable bonds is 4. The van der Waals surface area contributed by atoms with Crippen LogP contribution in [0.4, 0.5) is 18.0 Å². The number of benzene rings is 1. The van der Waals surface area contributed by atoms with Gasteiger partial charge in [-0.15, -0.1) is 0 Å². The molecule has 2 atom stereocenters. The van der Waals surface area contributed by atoms with Crippen LogP contribution in [0.1, 0.15) is 12.1 Å². The number of carbonyl (C=O) groups excluding carboxylic acids is 2. The third-order valence-corrected chi connectivity index (χ3v) is 4.36. The maximum atomic E-state index is 13.5. The third kappa shape index (κ3) is 4.10. The Morgan fingerprint density at radius 2 is 1.93 bits per heavy atom. The zero-order valence-corrected chi connectivity index (χ0v) is 15.2. The van der Waals surface area contributed by atoms with Crippen molar-refractivity contribution in [2.24, 2.45) is 0 Å². The predicted octanol–water partition coefficient (Wildman–Crippen LogP) is 0.995. The molecule has 2 heterocycles. The van der Waals surface area contributed by atoms with Crippen molar-refractivity contribution in [2.45, 2.75) is 24.7 Å². The zero-order chi connectivity index (χ0) is 21.3. The van der Waals surface area contributed by atoms with Gasteiger partial charge in [-0.25, -0.2) is 14.8 Å². The Labute approximate surface area is 162 Å². The number of aromatic nitrogens is 2. The van der Waals surface area contributed by atoms with Crippen LogP contribution in [0.15, 0.2) is 18.2 Å². The van der Waals surface area contributed by atoms with Crippen LogP contribution in [0.25, 0.3) is 11.0 Å². The molecule has 1 fully saturated rings. The lowest BCUT2D eigenvalue weighted by atomic mass is 10.2. The molecule has 1 saturated heterocycles. The molecule has 0 spiro atoms. The van der Waals surface area contributed by atoms with Gasteiger partial charge < -0.3 is 29.0 Å². The Balaban J connectivity index is 1.97. The standard InChI is InChI=1S/C17H16F3N3O6/c1-27-8-3-4-10-11(5-8)22-14(13(21-10)17(18,19)20)29-9-6-12(15(24)28-2)23(7-9)16(25)26/h3-5,9,12H,6-7H2,1-2H3,(H,25,26)/p-1/t9-,12+/m1/s1. The molecule has 0 aliphatic carbocycles. The summed E-state index contributed by atoms with van der Waals surface area (Å²) in [6.45, 7) is -0.392. The maximum absolute atomic E-state index is 13.5. The molecule has 1 aliphatic heterocycles. The Bertz CT molecular complexity index is 952. The summed E-state index contributed by atoms with van der Waals surface area (Å²) in [5.74, 6) is -1.34. The molecule has 0 bridgehead atoms.